The van der Waals surface area contributed by atoms with E-state index in [0.717, 1.165) is 5.69 Å². The van der Waals surface area contributed by atoms with Crippen LogP contribution in [0.3, 0.4) is 0 Å². The SMILES string of the molecule is O=C1C[C@@H](c2nc(Cn3c(=O)oc4ccccc43)no2)CN1c1cccc(Cl)c1. The molecule has 1 saturated heterocycles. The quantitative estimate of drug-likeness (QED) is 0.512. The molecule has 146 valence electrons. The Kier molecular flexibility index (Phi) is 4.21. The van der Waals surface area contributed by atoms with Crippen LogP contribution in [0.15, 0.2) is 62.3 Å². The zero-order chi connectivity index (χ0) is 20.0. The van der Waals surface area contributed by atoms with Gasteiger partial charge in [-0.3, -0.25) is 9.36 Å². The number of carbonyl (C=O) groups excluding carboxylic acids is 1. The van der Waals surface area contributed by atoms with Crippen molar-refractivity contribution in [3.8, 4) is 0 Å². The standard InChI is InChI=1S/C20H15ClN4O4/c21-13-4-3-5-14(9-13)24-10-12(8-18(24)26)19-22-17(23-29-19)11-25-15-6-1-2-7-16(15)28-20(25)27/h1-7,9,12H,8,10-11H2/t12-/m1/s1. The van der Waals surface area contributed by atoms with Gasteiger partial charge in [0.05, 0.1) is 18.0 Å². The minimum Gasteiger partial charge on any atom is -0.408 e. The number of amides is 1. The molecule has 0 radical (unpaired) electrons. The molecule has 2 aromatic carbocycles. The lowest BCUT2D eigenvalue weighted by Gasteiger charge is -2.16. The Balaban J connectivity index is 1.37. The number of aromatic nitrogens is 3. The zero-order valence-corrected chi connectivity index (χ0v) is 15.9. The lowest BCUT2D eigenvalue weighted by Crippen LogP contribution is -2.24. The first-order chi connectivity index (χ1) is 14.1. The Morgan fingerprint density at radius 1 is 1.14 bits per heavy atom. The van der Waals surface area contributed by atoms with Crippen LogP contribution in [0.5, 0.6) is 0 Å². The highest BCUT2D eigenvalue weighted by molar-refractivity contribution is 6.30. The van der Waals surface area contributed by atoms with E-state index in [1.54, 1.807) is 41.3 Å². The number of anilines is 1. The zero-order valence-electron chi connectivity index (χ0n) is 15.1. The van der Waals surface area contributed by atoms with Crippen LogP contribution in [0.1, 0.15) is 24.1 Å². The second kappa shape index (κ2) is 6.89. The predicted octanol–water partition coefficient (Wildman–Crippen LogP) is 3.20. The predicted molar refractivity (Wildman–Crippen MR) is 105 cm³/mol. The molecule has 4 aromatic rings. The summed E-state index contributed by atoms with van der Waals surface area (Å²) in [5, 5.41) is 4.55. The van der Waals surface area contributed by atoms with Crippen molar-refractivity contribution in [3.05, 3.63) is 75.8 Å². The molecule has 0 saturated carbocycles. The molecular weight excluding hydrogens is 396 g/mol. The first-order valence-electron chi connectivity index (χ1n) is 9.05. The van der Waals surface area contributed by atoms with Crippen LogP contribution >= 0.6 is 11.6 Å². The molecule has 0 spiro atoms. The molecule has 29 heavy (non-hydrogen) atoms. The largest absolute Gasteiger partial charge is 0.420 e. The number of benzene rings is 2. The van der Waals surface area contributed by atoms with Crippen LogP contribution in [-0.4, -0.2) is 27.2 Å². The van der Waals surface area contributed by atoms with Gasteiger partial charge in [0.25, 0.3) is 0 Å². The Morgan fingerprint density at radius 3 is 2.86 bits per heavy atom. The van der Waals surface area contributed by atoms with Crippen LogP contribution in [0, 0.1) is 0 Å². The normalized spacial score (nSPS) is 16.8. The fourth-order valence-corrected chi connectivity index (χ4v) is 3.75. The first-order valence-corrected chi connectivity index (χ1v) is 9.43. The third-order valence-electron chi connectivity index (χ3n) is 4.95. The third kappa shape index (κ3) is 3.21. The van der Waals surface area contributed by atoms with Crippen LogP contribution < -0.4 is 10.7 Å². The third-order valence-corrected chi connectivity index (χ3v) is 5.19. The summed E-state index contributed by atoms with van der Waals surface area (Å²) in [4.78, 5) is 30.7. The number of hydrogen-bond donors (Lipinski definition) is 0. The topological polar surface area (TPSA) is 94.4 Å². The molecule has 1 amide bonds. The lowest BCUT2D eigenvalue weighted by atomic mass is 10.1. The van der Waals surface area contributed by atoms with Crippen molar-refractivity contribution < 1.29 is 13.7 Å². The highest BCUT2D eigenvalue weighted by Crippen LogP contribution is 2.32. The first kappa shape index (κ1) is 17.7. The average molecular weight is 411 g/mol. The molecule has 8 nitrogen and oxygen atoms in total. The van der Waals surface area contributed by atoms with Crippen molar-refractivity contribution in [2.75, 3.05) is 11.4 Å². The van der Waals surface area contributed by atoms with Gasteiger partial charge in [-0.05, 0) is 30.3 Å². The highest BCUT2D eigenvalue weighted by atomic mass is 35.5. The number of carbonyl (C=O) groups is 1. The summed E-state index contributed by atoms with van der Waals surface area (Å²) in [5.41, 5.74) is 1.90. The average Bonchev–Trinajstić information content (AvgIpc) is 3.40. The van der Waals surface area contributed by atoms with Crippen molar-refractivity contribution >= 4 is 34.3 Å². The summed E-state index contributed by atoms with van der Waals surface area (Å²) in [6.07, 6.45) is 0.267. The lowest BCUT2D eigenvalue weighted by molar-refractivity contribution is -0.117. The number of fused-ring (bicyclic) bond motifs is 1. The van der Waals surface area contributed by atoms with Crippen LogP contribution in [0.4, 0.5) is 5.69 Å². The Bertz CT molecular complexity index is 1270. The van der Waals surface area contributed by atoms with Gasteiger partial charge in [0.15, 0.2) is 11.4 Å². The Hall–Kier alpha value is -3.39. The highest BCUT2D eigenvalue weighted by Gasteiger charge is 2.35. The maximum absolute atomic E-state index is 12.5. The molecule has 2 aromatic heterocycles. The minimum absolute atomic E-state index is 0.0333. The van der Waals surface area contributed by atoms with Crippen molar-refractivity contribution in [1.29, 1.82) is 0 Å². The second-order valence-electron chi connectivity index (χ2n) is 6.86. The summed E-state index contributed by atoms with van der Waals surface area (Å²) in [7, 11) is 0. The van der Waals surface area contributed by atoms with E-state index in [-0.39, 0.29) is 24.8 Å². The maximum atomic E-state index is 12.5. The molecule has 5 rings (SSSR count). The molecule has 0 N–H and O–H groups in total. The number of hydrogen-bond acceptors (Lipinski definition) is 6. The summed E-state index contributed by atoms with van der Waals surface area (Å²) >= 11 is 6.04. The van der Waals surface area contributed by atoms with Gasteiger partial charge in [-0.2, -0.15) is 4.98 Å². The van der Waals surface area contributed by atoms with Gasteiger partial charge in [0, 0.05) is 23.7 Å². The molecule has 0 aliphatic carbocycles. The smallest absolute Gasteiger partial charge is 0.408 e. The van der Waals surface area contributed by atoms with Crippen LogP contribution in [-0.2, 0) is 11.3 Å². The van der Waals surface area contributed by atoms with E-state index >= 15 is 0 Å². The van der Waals surface area contributed by atoms with E-state index in [4.69, 9.17) is 20.5 Å². The van der Waals surface area contributed by atoms with Gasteiger partial charge in [-0.15, -0.1) is 0 Å². The maximum Gasteiger partial charge on any atom is 0.420 e. The molecule has 0 bridgehead atoms. The van der Waals surface area contributed by atoms with E-state index in [2.05, 4.69) is 10.1 Å². The van der Waals surface area contributed by atoms with Gasteiger partial charge in [-0.1, -0.05) is 35.0 Å². The monoisotopic (exact) mass is 410 g/mol. The Morgan fingerprint density at radius 2 is 2.00 bits per heavy atom. The number of rotatable bonds is 4. The van der Waals surface area contributed by atoms with E-state index in [9.17, 15) is 9.59 Å². The summed E-state index contributed by atoms with van der Waals surface area (Å²) in [5.74, 6) is -0.0172. The summed E-state index contributed by atoms with van der Waals surface area (Å²) in [6.45, 7) is 0.549. The fraction of sp³-hybridized carbons (Fsp3) is 0.200. The van der Waals surface area contributed by atoms with Crippen molar-refractivity contribution in [2.24, 2.45) is 0 Å². The Labute approximate surface area is 169 Å². The van der Waals surface area contributed by atoms with Crippen LogP contribution in [0.25, 0.3) is 11.1 Å². The fourth-order valence-electron chi connectivity index (χ4n) is 3.57. The van der Waals surface area contributed by atoms with E-state index in [1.165, 1.54) is 4.57 Å². The van der Waals surface area contributed by atoms with Crippen molar-refractivity contribution in [3.63, 3.8) is 0 Å². The van der Waals surface area contributed by atoms with Gasteiger partial charge in [0.1, 0.15) is 0 Å². The summed E-state index contributed by atoms with van der Waals surface area (Å²) < 4.78 is 12.1. The molecule has 0 unspecified atom stereocenters. The number of halogens is 1. The molecule has 1 aliphatic heterocycles. The number of nitrogens with zero attached hydrogens (tertiary/aromatic N) is 4. The number of oxazole rings is 1. The molecule has 3 heterocycles. The minimum atomic E-state index is -0.485. The molecule has 9 heteroatoms. The summed E-state index contributed by atoms with van der Waals surface area (Å²) in [6, 6.07) is 14.3. The van der Waals surface area contributed by atoms with Crippen LogP contribution in [0.2, 0.25) is 5.02 Å². The molecule has 1 aliphatic rings. The van der Waals surface area contributed by atoms with Gasteiger partial charge in [0.2, 0.25) is 11.8 Å². The second-order valence-corrected chi connectivity index (χ2v) is 7.29. The van der Waals surface area contributed by atoms with Gasteiger partial charge >= 0.3 is 5.76 Å². The molecular formula is C20H15ClN4O4. The van der Waals surface area contributed by atoms with Gasteiger partial charge < -0.3 is 13.8 Å². The van der Waals surface area contributed by atoms with E-state index in [1.807, 2.05) is 12.1 Å². The van der Waals surface area contributed by atoms with Gasteiger partial charge in [-0.25, -0.2) is 4.79 Å². The van der Waals surface area contributed by atoms with Crippen molar-refractivity contribution in [1.82, 2.24) is 14.7 Å². The molecule has 1 fully saturated rings. The van der Waals surface area contributed by atoms with E-state index in [0.29, 0.717) is 34.4 Å². The number of para-hydroxylation sites is 2. The molecule has 1 atom stereocenters. The van der Waals surface area contributed by atoms with E-state index < -0.39 is 5.76 Å². The van der Waals surface area contributed by atoms with Crippen molar-refractivity contribution in [2.45, 2.75) is 18.9 Å².